The van der Waals surface area contributed by atoms with E-state index in [4.69, 9.17) is 0 Å². The first-order valence-electron chi connectivity index (χ1n) is 10.6. The van der Waals surface area contributed by atoms with Crippen molar-refractivity contribution in [3.8, 4) is 0 Å². The number of carbonyl (C=O) groups excluding carboxylic acids is 1. The number of hydrogen-bond donors (Lipinski definition) is 1. The largest absolute Gasteiger partial charge is 0.366 e. The van der Waals surface area contributed by atoms with Crippen LogP contribution >= 0.6 is 24.8 Å². The minimum absolute atomic E-state index is 0. The highest BCUT2D eigenvalue weighted by molar-refractivity contribution is 5.94. The van der Waals surface area contributed by atoms with Crippen LogP contribution in [0.2, 0.25) is 0 Å². The van der Waals surface area contributed by atoms with E-state index in [1.165, 1.54) is 36.2 Å². The van der Waals surface area contributed by atoms with Crippen molar-refractivity contribution in [1.29, 1.82) is 0 Å². The van der Waals surface area contributed by atoms with Gasteiger partial charge >= 0.3 is 0 Å². The molecule has 1 amide bonds. The molecule has 1 fully saturated rings. The highest BCUT2D eigenvalue weighted by Crippen LogP contribution is 2.32. The van der Waals surface area contributed by atoms with Gasteiger partial charge in [0.25, 0.3) is 5.91 Å². The third kappa shape index (κ3) is 5.90. The quantitative estimate of drug-likeness (QED) is 0.659. The second-order valence-corrected chi connectivity index (χ2v) is 8.14. The van der Waals surface area contributed by atoms with Gasteiger partial charge in [0.05, 0.1) is 0 Å². The van der Waals surface area contributed by atoms with Crippen LogP contribution in [0.25, 0.3) is 0 Å². The number of carbonyl (C=O) groups is 1. The highest BCUT2D eigenvalue weighted by Gasteiger charge is 2.30. The van der Waals surface area contributed by atoms with E-state index in [-0.39, 0.29) is 30.7 Å². The molecule has 6 heteroatoms. The zero-order valence-electron chi connectivity index (χ0n) is 17.7. The number of piperazine rings is 1. The van der Waals surface area contributed by atoms with Crippen molar-refractivity contribution < 1.29 is 4.79 Å². The number of anilines is 1. The van der Waals surface area contributed by atoms with Crippen LogP contribution < -0.4 is 10.2 Å². The first kappa shape index (κ1) is 24.5. The second-order valence-electron chi connectivity index (χ2n) is 8.14. The fourth-order valence-electron chi connectivity index (χ4n) is 4.48. The van der Waals surface area contributed by atoms with E-state index in [2.05, 4.69) is 39.4 Å². The molecule has 0 radical (unpaired) electrons. The van der Waals surface area contributed by atoms with Gasteiger partial charge in [-0.05, 0) is 62.9 Å². The molecule has 4 rings (SSSR count). The molecule has 0 aliphatic carbocycles. The molecule has 2 aliphatic heterocycles. The predicted octanol–water partition coefficient (Wildman–Crippen LogP) is 4.49. The Morgan fingerprint density at radius 3 is 2.60 bits per heavy atom. The summed E-state index contributed by atoms with van der Waals surface area (Å²) in [7, 11) is 0. The van der Waals surface area contributed by atoms with Crippen LogP contribution in [0.5, 0.6) is 0 Å². The van der Waals surface area contributed by atoms with Crippen LogP contribution in [0.4, 0.5) is 5.69 Å². The van der Waals surface area contributed by atoms with Gasteiger partial charge in [-0.3, -0.25) is 9.69 Å². The standard InChI is InChI=1S/C24H31N3O.2ClH/c1-19-8-10-21(11-9-19)24(28)25-14-4-5-15-26-16-17-27-22(18-26)13-12-20-6-2-3-7-23(20)27;;/h2-3,6-11,22H,4-5,12-18H2,1H3,(H,25,28);2*1H. The molecular weight excluding hydrogens is 417 g/mol. The average molecular weight is 450 g/mol. The number of halogens is 2. The van der Waals surface area contributed by atoms with Gasteiger partial charge in [-0.1, -0.05) is 35.9 Å². The molecule has 1 atom stereocenters. The Morgan fingerprint density at radius 1 is 1.03 bits per heavy atom. The smallest absolute Gasteiger partial charge is 0.251 e. The van der Waals surface area contributed by atoms with Crippen molar-refractivity contribution in [2.24, 2.45) is 0 Å². The third-order valence-corrected chi connectivity index (χ3v) is 6.12. The second kappa shape index (κ2) is 11.6. The lowest BCUT2D eigenvalue weighted by atomic mass is 9.94. The zero-order valence-corrected chi connectivity index (χ0v) is 19.3. The molecule has 1 unspecified atom stereocenters. The number of amides is 1. The number of fused-ring (bicyclic) bond motifs is 3. The number of rotatable bonds is 6. The molecule has 2 aromatic carbocycles. The fourth-order valence-corrected chi connectivity index (χ4v) is 4.48. The van der Waals surface area contributed by atoms with E-state index in [0.29, 0.717) is 6.04 Å². The maximum absolute atomic E-state index is 12.2. The van der Waals surface area contributed by atoms with Gasteiger partial charge in [-0.25, -0.2) is 0 Å². The van der Waals surface area contributed by atoms with Gasteiger partial charge in [-0.2, -0.15) is 0 Å². The normalized spacial score (nSPS) is 17.8. The lowest BCUT2D eigenvalue weighted by molar-refractivity contribution is 0.0952. The van der Waals surface area contributed by atoms with Crippen molar-refractivity contribution in [3.05, 3.63) is 65.2 Å². The molecule has 0 spiro atoms. The number of benzene rings is 2. The maximum atomic E-state index is 12.2. The summed E-state index contributed by atoms with van der Waals surface area (Å²) in [6, 6.07) is 17.3. The highest BCUT2D eigenvalue weighted by atomic mass is 35.5. The molecule has 1 N–H and O–H groups in total. The monoisotopic (exact) mass is 449 g/mol. The molecule has 0 aromatic heterocycles. The summed E-state index contributed by atoms with van der Waals surface area (Å²) in [5, 5.41) is 3.05. The molecule has 2 heterocycles. The first-order chi connectivity index (χ1) is 13.7. The van der Waals surface area contributed by atoms with Crippen LogP contribution in [0.15, 0.2) is 48.5 Å². The number of unbranched alkanes of at least 4 members (excludes halogenated alkanes) is 1. The summed E-state index contributed by atoms with van der Waals surface area (Å²) >= 11 is 0. The predicted molar refractivity (Wildman–Crippen MR) is 130 cm³/mol. The molecule has 1 saturated heterocycles. The molecule has 2 aliphatic rings. The van der Waals surface area contributed by atoms with E-state index in [1.54, 1.807) is 0 Å². The first-order valence-corrected chi connectivity index (χ1v) is 10.6. The third-order valence-electron chi connectivity index (χ3n) is 6.12. The summed E-state index contributed by atoms with van der Waals surface area (Å²) in [4.78, 5) is 17.4. The van der Waals surface area contributed by atoms with Gasteiger partial charge in [0.1, 0.15) is 0 Å². The van der Waals surface area contributed by atoms with Crippen molar-refractivity contribution >= 4 is 36.4 Å². The average Bonchev–Trinajstić information content (AvgIpc) is 2.73. The van der Waals surface area contributed by atoms with Crippen molar-refractivity contribution in [2.45, 2.75) is 38.6 Å². The van der Waals surface area contributed by atoms with Crippen LogP contribution in [0.1, 0.15) is 40.7 Å². The van der Waals surface area contributed by atoms with Crippen molar-refractivity contribution in [1.82, 2.24) is 10.2 Å². The van der Waals surface area contributed by atoms with E-state index >= 15 is 0 Å². The van der Waals surface area contributed by atoms with E-state index < -0.39 is 0 Å². The Hall–Kier alpha value is -1.75. The van der Waals surface area contributed by atoms with Crippen LogP contribution in [0.3, 0.4) is 0 Å². The molecule has 2 aromatic rings. The van der Waals surface area contributed by atoms with Gasteiger partial charge in [0, 0.05) is 43.5 Å². The van der Waals surface area contributed by atoms with Crippen molar-refractivity contribution in [3.63, 3.8) is 0 Å². The fraction of sp³-hybridized carbons (Fsp3) is 0.458. The molecular formula is C24H33Cl2N3O. The van der Waals surface area contributed by atoms with Gasteiger partial charge < -0.3 is 10.2 Å². The topological polar surface area (TPSA) is 35.6 Å². The lowest BCUT2D eigenvalue weighted by Gasteiger charge is -2.46. The molecule has 0 saturated carbocycles. The number of nitrogens with zero attached hydrogens (tertiary/aromatic N) is 2. The minimum Gasteiger partial charge on any atom is -0.366 e. The van der Waals surface area contributed by atoms with Crippen LogP contribution in [-0.4, -0.2) is 49.6 Å². The van der Waals surface area contributed by atoms with E-state index in [9.17, 15) is 4.79 Å². The summed E-state index contributed by atoms with van der Waals surface area (Å²) in [6.07, 6.45) is 4.64. The Labute approximate surface area is 192 Å². The van der Waals surface area contributed by atoms with Gasteiger partial charge in [-0.15, -0.1) is 24.8 Å². The van der Waals surface area contributed by atoms with Gasteiger partial charge in [0.2, 0.25) is 0 Å². The van der Waals surface area contributed by atoms with Crippen molar-refractivity contribution in [2.75, 3.05) is 37.6 Å². The van der Waals surface area contributed by atoms with Gasteiger partial charge in [0.15, 0.2) is 0 Å². The van der Waals surface area contributed by atoms with E-state index in [1.807, 2.05) is 31.2 Å². The molecule has 30 heavy (non-hydrogen) atoms. The minimum atomic E-state index is 0. The summed E-state index contributed by atoms with van der Waals surface area (Å²) in [5.41, 5.74) is 4.89. The molecule has 164 valence electrons. The number of hydrogen-bond acceptors (Lipinski definition) is 3. The Morgan fingerprint density at radius 2 is 1.80 bits per heavy atom. The Balaban J connectivity index is 0.00000160. The zero-order chi connectivity index (χ0) is 19.3. The van der Waals surface area contributed by atoms with E-state index in [0.717, 1.165) is 44.6 Å². The number of aryl methyl sites for hydroxylation is 2. The Bertz CT molecular complexity index is 812. The molecule has 0 bridgehead atoms. The van der Waals surface area contributed by atoms with Crippen LogP contribution in [0, 0.1) is 6.92 Å². The van der Waals surface area contributed by atoms with Crippen LogP contribution in [-0.2, 0) is 6.42 Å². The summed E-state index contributed by atoms with van der Waals surface area (Å²) in [6.45, 7) is 7.36. The SMILES string of the molecule is Cc1ccc(C(=O)NCCCCN2CCN3c4ccccc4CCC3C2)cc1.Cl.Cl. The summed E-state index contributed by atoms with van der Waals surface area (Å²) in [5.74, 6) is 0.0366. The number of nitrogens with one attached hydrogen (secondary N) is 1. The Kier molecular flexibility index (Phi) is 9.47. The maximum Gasteiger partial charge on any atom is 0.251 e. The lowest BCUT2D eigenvalue weighted by Crippen LogP contribution is -2.55. The molecule has 4 nitrogen and oxygen atoms in total. The summed E-state index contributed by atoms with van der Waals surface area (Å²) < 4.78 is 0. The number of para-hydroxylation sites is 1.